The van der Waals surface area contributed by atoms with Crippen molar-refractivity contribution in [2.75, 3.05) is 39.8 Å². The molecule has 3 rings (SSSR count). The number of halogens is 1. The molecule has 5 nitrogen and oxygen atoms in total. The number of aromatic nitrogens is 1. The van der Waals surface area contributed by atoms with Gasteiger partial charge in [-0.3, -0.25) is 9.98 Å². The van der Waals surface area contributed by atoms with E-state index in [1.807, 2.05) is 19.3 Å². The highest BCUT2D eigenvalue weighted by atomic mass is 127. The normalized spacial score (nSPS) is 15.7. The smallest absolute Gasteiger partial charge is 0.190 e. The van der Waals surface area contributed by atoms with Gasteiger partial charge in [-0.15, -0.1) is 24.0 Å². The van der Waals surface area contributed by atoms with Crippen molar-refractivity contribution in [3.05, 3.63) is 42.1 Å². The van der Waals surface area contributed by atoms with Crippen LogP contribution in [0.25, 0.3) is 10.9 Å². The molecule has 0 aliphatic carbocycles. The molecule has 1 aromatic heterocycles. The summed E-state index contributed by atoms with van der Waals surface area (Å²) in [5.41, 5.74) is 2.37. The molecule has 2 aromatic rings. The van der Waals surface area contributed by atoms with Crippen molar-refractivity contribution in [1.29, 1.82) is 0 Å². The first-order valence-corrected chi connectivity index (χ1v) is 10.4. The maximum absolute atomic E-state index is 4.53. The lowest BCUT2D eigenvalue weighted by Crippen LogP contribution is -2.39. The average molecular weight is 495 g/mol. The molecule has 0 amide bonds. The average Bonchev–Trinajstić information content (AvgIpc) is 2.99. The molecule has 2 heterocycles. The van der Waals surface area contributed by atoms with Crippen molar-refractivity contribution in [2.45, 2.75) is 38.5 Å². The summed E-state index contributed by atoms with van der Waals surface area (Å²) in [5, 5.41) is 8.07. The number of likely N-dealkylation sites (tertiary alicyclic amines) is 1. The van der Waals surface area contributed by atoms with E-state index in [2.05, 4.69) is 49.8 Å². The quantitative estimate of drug-likeness (QED) is 0.266. The van der Waals surface area contributed by atoms with Gasteiger partial charge in [-0.25, -0.2) is 0 Å². The molecule has 1 fully saturated rings. The van der Waals surface area contributed by atoms with Gasteiger partial charge in [0.25, 0.3) is 0 Å². The second-order valence-corrected chi connectivity index (χ2v) is 7.28. The molecule has 0 atom stereocenters. The van der Waals surface area contributed by atoms with Crippen LogP contribution in [0.5, 0.6) is 0 Å². The minimum absolute atomic E-state index is 0. The van der Waals surface area contributed by atoms with E-state index in [0.717, 1.165) is 37.4 Å². The topological polar surface area (TPSA) is 52.6 Å². The number of rotatable bonds is 7. The Morgan fingerprint density at radius 3 is 2.57 bits per heavy atom. The summed E-state index contributed by atoms with van der Waals surface area (Å²) in [6, 6.07) is 10.5. The van der Waals surface area contributed by atoms with E-state index in [1.54, 1.807) is 0 Å². The van der Waals surface area contributed by atoms with Crippen LogP contribution in [0.4, 0.5) is 0 Å². The summed E-state index contributed by atoms with van der Waals surface area (Å²) in [5.74, 6) is 0.888. The maximum Gasteiger partial charge on any atom is 0.190 e. The standard InChI is InChI=1S/C22H33N5.HI/c1-23-22(25-14-8-18-27-16-4-2-3-5-17-27)26-15-12-20-10-6-9-19-11-7-13-24-21(19)20;/h6-7,9-11,13H,2-5,8,12,14-18H2,1H3,(H2,23,25,26);1H. The molecule has 28 heavy (non-hydrogen) atoms. The first-order valence-electron chi connectivity index (χ1n) is 10.4. The van der Waals surface area contributed by atoms with Crippen LogP contribution in [-0.2, 0) is 6.42 Å². The molecule has 0 radical (unpaired) electrons. The predicted octanol–water partition coefficient (Wildman–Crippen LogP) is 3.83. The predicted molar refractivity (Wildman–Crippen MR) is 130 cm³/mol. The lowest BCUT2D eigenvalue weighted by molar-refractivity contribution is 0.282. The highest BCUT2D eigenvalue weighted by Crippen LogP contribution is 2.16. The number of nitrogens with one attached hydrogen (secondary N) is 2. The largest absolute Gasteiger partial charge is 0.356 e. The van der Waals surface area contributed by atoms with Gasteiger partial charge < -0.3 is 15.5 Å². The lowest BCUT2D eigenvalue weighted by Gasteiger charge is -2.20. The van der Waals surface area contributed by atoms with Gasteiger partial charge in [0.2, 0.25) is 0 Å². The third-order valence-electron chi connectivity index (χ3n) is 5.27. The van der Waals surface area contributed by atoms with Crippen LogP contribution in [0.2, 0.25) is 0 Å². The van der Waals surface area contributed by atoms with Crippen LogP contribution >= 0.6 is 24.0 Å². The van der Waals surface area contributed by atoms with Crippen LogP contribution in [0.15, 0.2) is 41.5 Å². The summed E-state index contributed by atoms with van der Waals surface area (Å²) in [7, 11) is 1.84. The Hall–Kier alpha value is -1.41. The molecular formula is C22H34IN5. The van der Waals surface area contributed by atoms with Crippen molar-refractivity contribution >= 4 is 40.8 Å². The highest BCUT2D eigenvalue weighted by molar-refractivity contribution is 14.0. The van der Waals surface area contributed by atoms with Crippen LogP contribution in [0.1, 0.15) is 37.7 Å². The number of pyridine rings is 1. The van der Waals surface area contributed by atoms with Crippen molar-refractivity contribution in [3.63, 3.8) is 0 Å². The minimum Gasteiger partial charge on any atom is -0.356 e. The Morgan fingerprint density at radius 1 is 1.04 bits per heavy atom. The molecule has 1 aliphatic heterocycles. The van der Waals surface area contributed by atoms with Crippen molar-refractivity contribution < 1.29 is 0 Å². The summed E-state index contributed by atoms with van der Waals surface area (Å²) < 4.78 is 0. The zero-order valence-corrected chi connectivity index (χ0v) is 19.3. The van der Waals surface area contributed by atoms with Gasteiger partial charge in [-0.1, -0.05) is 37.1 Å². The molecule has 154 valence electrons. The summed E-state index contributed by atoms with van der Waals surface area (Å²) in [6.07, 6.45) is 9.48. The van der Waals surface area contributed by atoms with E-state index in [-0.39, 0.29) is 24.0 Å². The van der Waals surface area contributed by atoms with Gasteiger partial charge in [0.1, 0.15) is 0 Å². The Labute approximate surface area is 186 Å². The zero-order chi connectivity index (χ0) is 18.7. The molecule has 1 saturated heterocycles. The van der Waals surface area contributed by atoms with E-state index in [9.17, 15) is 0 Å². The minimum atomic E-state index is 0. The fraction of sp³-hybridized carbons (Fsp3) is 0.545. The van der Waals surface area contributed by atoms with Crippen LogP contribution in [0.3, 0.4) is 0 Å². The zero-order valence-electron chi connectivity index (χ0n) is 17.0. The van der Waals surface area contributed by atoms with E-state index >= 15 is 0 Å². The summed E-state index contributed by atoms with van der Waals surface area (Å²) in [6.45, 7) is 5.54. The second-order valence-electron chi connectivity index (χ2n) is 7.28. The molecule has 0 spiro atoms. The number of fused-ring (bicyclic) bond motifs is 1. The summed E-state index contributed by atoms with van der Waals surface area (Å²) in [4.78, 5) is 11.5. The molecule has 6 heteroatoms. The Balaban J connectivity index is 0.00000280. The molecule has 1 aliphatic rings. The third kappa shape index (κ3) is 7.20. The van der Waals surface area contributed by atoms with E-state index in [0.29, 0.717) is 0 Å². The molecule has 0 bridgehead atoms. The third-order valence-corrected chi connectivity index (χ3v) is 5.27. The van der Waals surface area contributed by atoms with Crippen molar-refractivity contribution in [2.24, 2.45) is 4.99 Å². The summed E-state index contributed by atoms with van der Waals surface area (Å²) >= 11 is 0. The molecule has 1 aromatic carbocycles. The number of nitrogens with zero attached hydrogens (tertiary/aromatic N) is 3. The first kappa shape index (κ1) is 22.9. The Bertz CT molecular complexity index is 720. The van der Waals surface area contributed by atoms with E-state index in [1.165, 1.54) is 56.3 Å². The van der Waals surface area contributed by atoms with Crippen LogP contribution in [-0.4, -0.2) is 55.6 Å². The highest BCUT2D eigenvalue weighted by Gasteiger charge is 2.08. The number of aliphatic imine (C=N–C) groups is 1. The monoisotopic (exact) mass is 495 g/mol. The van der Waals surface area contributed by atoms with E-state index in [4.69, 9.17) is 0 Å². The number of hydrogen-bond acceptors (Lipinski definition) is 3. The molecule has 2 N–H and O–H groups in total. The fourth-order valence-electron chi connectivity index (χ4n) is 3.77. The molecular weight excluding hydrogens is 461 g/mol. The Kier molecular flexibility index (Phi) is 10.6. The van der Waals surface area contributed by atoms with Gasteiger partial charge in [0, 0.05) is 31.7 Å². The van der Waals surface area contributed by atoms with Crippen molar-refractivity contribution in [1.82, 2.24) is 20.5 Å². The maximum atomic E-state index is 4.53. The number of benzene rings is 1. The second kappa shape index (κ2) is 12.9. The van der Waals surface area contributed by atoms with Gasteiger partial charge in [-0.05, 0) is 56.9 Å². The van der Waals surface area contributed by atoms with Crippen molar-refractivity contribution in [3.8, 4) is 0 Å². The van der Waals surface area contributed by atoms with Gasteiger partial charge in [-0.2, -0.15) is 0 Å². The molecule has 0 saturated carbocycles. The number of para-hydroxylation sites is 1. The van der Waals surface area contributed by atoms with Gasteiger partial charge >= 0.3 is 0 Å². The van der Waals surface area contributed by atoms with Crippen LogP contribution in [0, 0.1) is 0 Å². The number of guanidine groups is 1. The fourth-order valence-corrected chi connectivity index (χ4v) is 3.77. The first-order chi connectivity index (χ1) is 13.4. The SMILES string of the molecule is CN=C(NCCCN1CCCCCC1)NCCc1cccc2cccnc12.I. The lowest BCUT2D eigenvalue weighted by atomic mass is 10.1. The molecule has 0 unspecified atom stereocenters. The van der Waals surface area contributed by atoms with Gasteiger partial charge in [0.05, 0.1) is 5.52 Å². The van der Waals surface area contributed by atoms with Crippen LogP contribution < -0.4 is 10.6 Å². The number of hydrogen-bond donors (Lipinski definition) is 2. The van der Waals surface area contributed by atoms with Gasteiger partial charge in [0.15, 0.2) is 5.96 Å². The van der Waals surface area contributed by atoms with E-state index < -0.39 is 0 Å². The Morgan fingerprint density at radius 2 is 1.79 bits per heavy atom.